The molecule has 0 unspecified atom stereocenters. The van der Waals surface area contributed by atoms with Crippen LogP contribution in [-0.2, 0) is 37.0 Å². The quantitative estimate of drug-likeness (QED) is 0.372. The van der Waals surface area contributed by atoms with Crippen molar-refractivity contribution in [2.75, 3.05) is 6.54 Å². The Hall–Kier alpha value is -3.72. The van der Waals surface area contributed by atoms with Crippen LogP contribution in [0.5, 0.6) is 0 Å². The number of benzene rings is 2. The zero-order chi connectivity index (χ0) is 30.2. The van der Waals surface area contributed by atoms with E-state index >= 15 is 0 Å². The lowest BCUT2D eigenvalue weighted by Gasteiger charge is -2.28. The summed E-state index contributed by atoms with van der Waals surface area (Å²) in [6, 6.07) is 15.3. The first-order valence-corrected chi connectivity index (χ1v) is 14.2. The fourth-order valence-corrected chi connectivity index (χ4v) is 4.57. The molecule has 9 heteroatoms. The van der Waals surface area contributed by atoms with Gasteiger partial charge in [0.05, 0.1) is 12.6 Å². The molecule has 0 saturated carbocycles. The molecule has 3 atom stereocenters. The number of imide groups is 1. The van der Waals surface area contributed by atoms with E-state index in [1.54, 1.807) is 27.7 Å². The second-order valence-electron chi connectivity index (χ2n) is 11.9. The summed E-state index contributed by atoms with van der Waals surface area (Å²) < 4.78 is 11.2. The second kappa shape index (κ2) is 14.3. The Morgan fingerprint density at radius 2 is 1.51 bits per heavy atom. The SMILES string of the molecule is CC(C)CC[C@H](N[C@@H](C)C(=O)N1C(=O)N(Cc2ccccc2)C[C@H]1C(=O)OC(C)(C)C)C(=O)OCc1ccccc1. The minimum Gasteiger partial charge on any atom is -0.460 e. The molecule has 1 aliphatic rings. The lowest BCUT2D eigenvalue weighted by molar-refractivity contribution is -0.162. The van der Waals surface area contributed by atoms with Gasteiger partial charge in [0.15, 0.2) is 6.04 Å². The van der Waals surface area contributed by atoms with Gasteiger partial charge in [-0.25, -0.2) is 14.5 Å². The molecule has 1 heterocycles. The van der Waals surface area contributed by atoms with Crippen LogP contribution in [0.25, 0.3) is 0 Å². The van der Waals surface area contributed by atoms with Gasteiger partial charge < -0.3 is 14.4 Å². The van der Waals surface area contributed by atoms with Gasteiger partial charge in [0, 0.05) is 6.54 Å². The van der Waals surface area contributed by atoms with Crippen molar-refractivity contribution in [1.29, 1.82) is 0 Å². The minimum absolute atomic E-state index is 0.0109. The highest BCUT2D eigenvalue weighted by atomic mass is 16.6. The maximum atomic E-state index is 13.8. The summed E-state index contributed by atoms with van der Waals surface area (Å²) in [6.45, 7) is 11.3. The molecule has 0 aliphatic carbocycles. The highest BCUT2D eigenvalue weighted by Crippen LogP contribution is 2.23. The number of ether oxygens (including phenoxy) is 2. The number of rotatable bonds is 12. The Morgan fingerprint density at radius 1 is 0.927 bits per heavy atom. The summed E-state index contributed by atoms with van der Waals surface area (Å²) in [5, 5.41) is 3.09. The normalized spacial score (nSPS) is 17.0. The van der Waals surface area contributed by atoms with Crippen LogP contribution >= 0.6 is 0 Å². The van der Waals surface area contributed by atoms with Gasteiger partial charge in [0.25, 0.3) is 0 Å². The maximum absolute atomic E-state index is 13.8. The molecule has 1 N–H and O–H groups in total. The van der Waals surface area contributed by atoms with Crippen molar-refractivity contribution in [2.24, 2.45) is 5.92 Å². The lowest BCUT2D eigenvalue weighted by Crippen LogP contribution is -2.55. The van der Waals surface area contributed by atoms with Gasteiger partial charge in [-0.2, -0.15) is 0 Å². The van der Waals surface area contributed by atoms with E-state index in [1.807, 2.05) is 60.7 Å². The van der Waals surface area contributed by atoms with E-state index in [2.05, 4.69) is 19.2 Å². The molecule has 0 spiro atoms. The van der Waals surface area contributed by atoms with Crippen molar-refractivity contribution in [2.45, 2.75) is 91.3 Å². The highest BCUT2D eigenvalue weighted by molar-refractivity contribution is 6.03. The van der Waals surface area contributed by atoms with Crippen molar-refractivity contribution in [3.05, 3.63) is 71.8 Å². The van der Waals surface area contributed by atoms with E-state index < -0.39 is 47.6 Å². The van der Waals surface area contributed by atoms with Gasteiger partial charge >= 0.3 is 18.0 Å². The average Bonchev–Trinajstić information content (AvgIpc) is 3.24. The summed E-state index contributed by atoms with van der Waals surface area (Å²) in [6.07, 6.45) is 1.18. The molecular formula is C32H43N3O6. The van der Waals surface area contributed by atoms with E-state index in [4.69, 9.17) is 9.47 Å². The Bertz CT molecular complexity index is 1180. The maximum Gasteiger partial charge on any atom is 0.331 e. The second-order valence-corrected chi connectivity index (χ2v) is 11.9. The van der Waals surface area contributed by atoms with Crippen LogP contribution in [0, 0.1) is 5.92 Å². The Labute approximate surface area is 243 Å². The number of hydrogen-bond donors (Lipinski definition) is 1. The van der Waals surface area contributed by atoms with E-state index in [-0.39, 0.29) is 19.7 Å². The molecule has 0 radical (unpaired) electrons. The topological polar surface area (TPSA) is 105 Å². The molecule has 0 bridgehead atoms. The van der Waals surface area contributed by atoms with Crippen LogP contribution in [0.15, 0.2) is 60.7 Å². The van der Waals surface area contributed by atoms with Gasteiger partial charge in [0.1, 0.15) is 18.2 Å². The molecular weight excluding hydrogens is 522 g/mol. The van der Waals surface area contributed by atoms with Gasteiger partial charge in [-0.3, -0.25) is 14.9 Å². The Kier molecular flexibility index (Phi) is 11.1. The van der Waals surface area contributed by atoms with Crippen LogP contribution < -0.4 is 5.32 Å². The van der Waals surface area contributed by atoms with Crippen molar-refractivity contribution >= 4 is 23.9 Å². The molecule has 222 valence electrons. The number of esters is 2. The summed E-state index contributed by atoms with van der Waals surface area (Å²) in [4.78, 5) is 56.0. The van der Waals surface area contributed by atoms with E-state index in [0.29, 0.717) is 12.3 Å². The molecule has 1 saturated heterocycles. The number of carbonyl (C=O) groups is 4. The van der Waals surface area contributed by atoms with Crippen LogP contribution in [0.2, 0.25) is 0 Å². The summed E-state index contributed by atoms with van der Waals surface area (Å²) in [5.41, 5.74) is 0.934. The first kappa shape index (κ1) is 31.8. The van der Waals surface area contributed by atoms with Crippen LogP contribution in [0.4, 0.5) is 4.79 Å². The van der Waals surface area contributed by atoms with Crippen molar-refractivity contribution < 1.29 is 28.7 Å². The number of hydrogen-bond acceptors (Lipinski definition) is 7. The highest BCUT2D eigenvalue weighted by Gasteiger charge is 2.48. The summed E-state index contributed by atoms with van der Waals surface area (Å²) in [5.74, 6) is -1.40. The first-order chi connectivity index (χ1) is 19.4. The van der Waals surface area contributed by atoms with Crippen molar-refractivity contribution in [3.63, 3.8) is 0 Å². The number of nitrogens with zero attached hydrogens (tertiary/aromatic N) is 2. The van der Waals surface area contributed by atoms with Gasteiger partial charge in [0.2, 0.25) is 5.91 Å². The first-order valence-electron chi connectivity index (χ1n) is 14.2. The average molecular weight is 566 g/mol. The fraction of sp³-hybridized carbons (Fsp3) is 0.500. The molecule has 9 nitrogen and oxygen atoms in total. The summed E-state index contributed by atoms with van der Waals surface area (Å²) in [7, 11) is 0. The third-order valence-electron chi connectivity index (χ3n) is 6.68. The van der Waals surface area contributed by atoms with Crippen molar-refractivity contribution in [1.82, 2.24) is 15.1 Å². The third-order valence-corrected chi connectivity index (χ3v) is 6.68. The smallest absolute Gasteiger partial charge is 0.331 e. The Morgan fingerprint density at radius 3 is 2.07 bits per heavy atom. The predicted octanol–water partition coefficient (Wildman–Crippen LogP) is 4.69. The zero-order valence-corrected chi connectivity index (χ0v) is 25.0. The molecule has 3 rings (SSSR count). The molecule has 3 amide bonds. The van der Waals surface area contributed by atoms with E-state index in [0.717, 1.165) is 22.4 Å². The minimum atomic E-state index is -1.11. The fourth-order valence-electron chi connectivity index (χ4n) is 4.57. The molecule has 2 aromatic carbocycles. The molecule has 2 aromatic rings. The molecule has 0 aromatic heterocycles. The van der Waals surface area contributed by atoms with Crippen LogP contribution in [0.3, 0.4) is 0 Å². The van der Waals surface area contributed by atoms with Gasteiger partial charge in [-0.1, -0.05) is 74.5 Å². The molecule has 1 fully saturated rings. The molecule has 41 heavy (non-hydrogen) atoms. The zero-order valence-electron chi connectivity index (χ0n) is 25.0. The number of urea groups is 1. The van der Waals surface area contributed by atoms with Gasteiger partial charge in [-0.15, -0.1) is 0 Å². The Balaban J connectivity index is 1.77. The van der Waals surface area contributed by atoms with Crippen LogP contribution in [0.1, 0.15) is 65.5 Å². The largest absolute Gasteiger partial charge is 0.460 e. The summed E-state index contributed by atoms with van der Waals surface area (Å²) >= 11 is 0. The predicted molar refractivity (Wildman–Crippen MR) is 155 cm³/mol. The monoisotopic (exact) mass is 565 g/mol. The van der Waals surface area contributed by atoms with Crippen LogP contribution in [-0.4, -0.2) is 63.9 Å². The number of nitrogens with one attached hydrogen (secondary N) is 1. The lowest BCUT2D eigenvalue weighted by atomic mass is 10.0. The number of amides is 3. The standard InChI is InChI=1S/C32H43N3O6/c1-22(2)17-18-26(29(37)40-21-25-15-11-8-12-16-25)33-23(3)28(36)35-27(30(38)41-32(4,5)6)20-34(31(35)39)19-24-13-9-7-10-14-24/h7-16,22-23,26-27,33H,17-21H2,1-6H3/t23-,26-,27-/m0/s1. The van der Waals surface area contributed by atoms with Crippen molar-refractivity contribution in [3.8, 4) is 0 Å². The van der Waals surface area contributed by atoms with E-state index in [9.17, 15) is 19.2 Å². The van der Waals surface area contributed by atoms with Gasteiger partial charge in [-0.05, 0) is 57.6 Å². The molecule has 1 aliphatic heterocycles. The van der Waals surface area contributed by atoms with E-state index in [1.165, 1.54) is 4.90 Å². The number of carbonyl (C=O) groups excluding carboxylic acids is 4. The third kappa shape index (κ3) is 9.42.